The predicted octanol–water partition coefficient (Wildman–Crippen LogP) is 0.298. The summed E-state index contributed by atoms with van der Waals surface area (Å²) in [5.74, 6) is 0.660. The number of aliphatic hydroxyl groups excluding tert-OH is 1. The van der Waals surface area contributed by atoms with Crippen molar-refractivity contribution in [3.05, 3.63) is 34.9 Å². The van der Waals surface area contributed by atoms with Gasteiger partial charge >= 0.3 is 5.69 Å². The first-order valence-corrected chi connectivity index (χ1v) is 6.46. The minimum Gasteiger partial charge on any atom is -0.394 e. The van der Waals surface area contributed by atoms with Crippen LogP contribution in [0.1, 0.15) is 19.1 Å². The van der Waals surface area contributed by atoms with Gasteiger partial charge in [-0.25, -0.2) is 4.79 Å². The van der Waals surface area contributed by atoms with Gasteiger partial charge in [-0.15, -0.1) is 0 Å². The number of anilines is 1. The van der Waals surface area contributed by atoms with Crippen LogP contribution in [-0.2, 0) is 4.74 Å². The van der Waals surface area contributed by atoms with E-state index in [1.807, 2.05) is 0 Å². The van der Waals surface area contributed by atoms with Crippen molar-refractivity contribution in [1.82, 2.24) is 9.55 Å². The Morgan fingerprint density at radius 3 is 2.84 bits per heavy atom. The lowest BCUT2D eigenvalue weighted by molar-refractivity contribution is -0.0388. The monoisotopic (exact) mass is 263 g/mol. The molecule has 6 heteroatoms. The average Bonchev–Trinajstić information content (AvgIpc) is 2.78. The third-order valence-corrected chi connectivity index (χ3v) is 4.00. The van der Waals surface area contributed by atoms with E-state index in [-0.39, 0.29) is 36.6 Å². The summed E-state index contributed by atoms with van der Waals surface area (Å²) in [5, 5.41) is 9.41. The highest BCUT2D eigenvalue weighted by atomic mass is 16.5. The molecule has 0 aromatic carbocycles. The Hall–Kier alpha value is -1.66. The van der Waals surface area contributed by atoms with Gasteiger partial charge in [-0.1, -0.05) is 12.2 Å². The molecular formula is C13H17N3O3. The second kappa shape index (κ2) is 4.79. The molecule has 4 atom stereocenters. The van der Waals surface area contributed by atoms with Crippen LogP contribution in [0.4, 0.5) is 5.82 Å². The highest BCUT2D eigenvalue weighted by molar-refractivity contribution is 5.23. The number of nitrogens with two attached hydrogens (primary N) is 1. The number of hydrogen-bond donors (Lipinski definition) is 2. The molecule has 3 rings (SSSR count). The molecule has 0 amide bonds. The molecule has 1 aliphatic heterocycles. The maximum absolute atomic E-state index is 11.9. The molecule has 1 fully saturated rings. The van der Waals surface area contributed by atoms with E-state index < -0.39 is 5.69 Å². The zero-order valence-corrected chi connectivity index (χ0v) is 10.5. The Bertz CT molecular complexity index is 554. The summed E-state index contributed by atoms with van der Waals surface area (Å²) in [7, 11) is 0. The van der Waals surface area contributed by atoms with Gasteiger partial charge in [-0.3, -0.25) is 4.57 Å². The summed E-state index contributed by atoms with van der Waals surface area (Å²) in [6, 6.07) is 1.59. The summed E-state index contributed by atoms with van der Waals surface area (Å²) in [5.41, 5.74) is 5.09. The van der Waals surface area contributed by atoms with Gasteiger partial charge in [0.1, 0.15) is 12.0 Å². The van der Waals surface area contributed by atoms with Crippen LogP contribution in [0.15, 0.2) is 29.2 Å². The summed E-state index contributed by atoms with van der Waals surface area (Å²) >= 11 is 0. The predicted molar refractivity (Wildman–Crippen MR) is 69.3 cm³/mol. The molecule has 0 saturated carbocycles. The summed E-state index contributed by atoms with van der Waals surface area (Å²) in [4.78, 5) is 15.6. The van der Waals surface area contributed by atoms with Gasteiger partial charge in [0, 0.05) is 12.1 Å². The fraction of sp³-hybridized carbons (Fsp3) is 0.538. The second-order valence-electron chi connectivity index (χ2n) is 5.06. The smallest absolute Gasteiger partial charge is 0.351 e. The van der Waals surface area contributed by atoms with Crippen molar-refractivity contribution in [3.63, 3.8) is 0 Å². The van der Waals surface area contributed by atoms with Gasteiger partial charge in [0.05, 0.1) is 12.7 Å². The quantitative estimate of drug-likeness (QED) is 0.749. The maximum atomic E-state index is 11.9. The first-order chi connectivity index (χ1) is 9.20. The Morgan fingerprint density at radius 2 is 2.16 bits per heavy atom. The third kappa shape index (κ3) is 2.06. The first kappa shape index (κ1) is 12.4. The maximum Gasteiger partial charge on any atom is 0.351 e. The largest absolute Gasteiger partial charge is 0.394 e. The van der Waals surface area contributed by atoms with Crippen LogP contribution in [0.25, 0.3) is 0 Å². The molecule has 6 nitrogen and oxygen atoms in total. The molecule has 0 bridgehead atoms. The van der Waals surface area contributed by atoms with E-state index in [1.165, 1.54) is 4.57 Å². The van der Waals surface area contributed by atoms with Gasteiger partial charge in [0.15, 0.2) is 0 Å². The fourth-order valence-electron chi connectivity index (χ4n) is 3.06. The van der Waals surface area contributed by atoms with E-state index >= 15 is 0 Å². The molecule has 1 aliphatic carbocycles. The first-order valence-electron chi connectivity index (χ1n) is 6.46. The van der Waals surface area contributed by atoms with Crippen LogP contribution in [0, 0.1) is 11.8 Å². The fourth-order valence-corrected chi connectivity index (χ4v) is 3.06. The number of nitrogen functional groups attached to an aromatic ring is 1. The lowest BCUT2D eigenvalue weighted by Gasteiger charge is -2.25. The lowest BCUT2D eigenvalue weighted by atomic mass is 9.81. The van der Waals surface area contributed by atoms with Crippen molar-refractivity contribution in [2.45, 2.75) is 25.2 Å². The molecule has 3 N–H and O–H groups in total. The molecule has 0 radical (unpaired) electrons. The third-order valence-electron chi connectivity index (χ3n) is 4.00. The highest BCUT2D eigenvalue weighted by Gasteiger charge is 2.45. The lowest BCUT2D eigenvalue weighted by Crippen LogP contribution is -2.31. The van der Waals surface area contributed by atoms with E-state index in [2.05, 4.69) is 17.1 Å². The van der Waals surface area contributed by atoms with Crippen LogP contribution in [0.5, 0.6) is 0 Å². The van der Waals surface area contributed by atoms with Crippen molar-refractivity contribution >= 4 is 5.82 Å². The average molecular weight is 263 g/mol. The normalized spacial score (nSPS) is 33.3. The summed E-state index contributed by atoms with van der Waals surface area (Å²) < 4.78 is 7.33. The van der Waals surface area contributed by atoms with Gasteiger partial charge in [0.25, 0.3) is 0 Å². The number of ether oxygens (including phenoxy) is 1. The number of rotatable bonds is 2. The highest BCUT2D eigenvalue weighted by Crippen LogP contribution is 2.44. The number of hydrogen-bond acceptors (Lipinski definition) is 5. The van der Waals surface area contributed by atoms with Crippen LogP contribution in [0.2, 0.25) is 0 Å². The van der Waals surface area contributed by atoms with Crippen molar-refractivity contribution in [3.8, 4) is 0 Å². The van der Waals surface area contributed by atoms with Crippen molar-refractivity contribution < 1.29 is 9.84 Å². The molecule has 1 aromatic rings. The van der Waals surface area contributed by atoms with Crippen molar-refractivity contribution in [2.75, 3.05) is 12.3 Å². The van der Waals surface area contributed by atoms with E-state index in [9.17, 15) is 9.90 Å². The number of nitrogens with zero attached hydrogens (tertiary/aromatic N) is 2. The van der Waals surface area contributed by atoms with Gasteiger partial charge in [0.2, 0.25) is 0 Å². The van der Waals surface area contributed by atoms with E-state index in [0.29, 0.717) is 0 Å². The second-order valence-corrected chi connectivity index (χ2v) is 5.06. The molecule has 0 unspecified atom stereocenters. The Morgan fingerprint density at radius 1 is 1.42 bits per heavy atom. The summed E-state index contributed by atoms with van der Waals surface area (Å²) in [6.07, 6.45) is 6.97. The SMILES string of the molecule is Nc1ccn([C@@H]2O[C@H](CO)[C@H]3CC=CC[C@H]32)c(=O)n1. The van der Waals surface area contributed by atoms with E-state index in [1.54, 1.807) is 12.3 Å². The van der Waals surface area contributed by atoms with E-state index in [0.717, 1.165) is 12.8 Å². The van der Waals surface area contributed by atoms with Crippen LogP contribution in [-0.4, -0.2) is 27.4 Å². The van der Waals surface area contributed by atoms with E-state index in [4.69, 9.17) is 10.5 Å². The summed E-state index contributed by atoms with van der Waals surface area (Å²) in [6.45, 7) is -0.0251. The Kier molecular flexibility index (Phi) is 3.12. The van der Waals surface area contributed by atoms with Gasteiger partial charge in [-0.05, 0) is 24.8 Å². The van der Waals surface area contributed by atoms with Gasteiger partial charge in [-0.2, -0.15) is 4.98 Å². The minimum atomic E-state index is -0.406. The standard InChI is InChI=1S/C13H17N3O3/c14-11-5-6-16(13(18)15-11)12-9-4-2-1-3-8(9)10(7-17)19-12/h1-2,5-6,8-10,12,17H,3-4,7H2,(H2,14,15,18)/t8-,9+,10+,12+/m0/s1. The molecule has 2 aliphatic rings. The topological polar surface area (TPSA) is 90.4 Å². The zero-order chi connectivity index (χ0) is 13.4. The van der Waals surface area contributed by atoms with Gasteiger partial charge < -0.3 is 15.6 Å². The van der Waals surface area contributed by atoms with Crippen LogP contribution < -0.4 is 11.4 Å². The molecule has 102 valence electrons. The molecular weight excluding hydrogens is 246 g/mol. The zero-order valence-electron chi connectivity index (χ0n) is 10.5. The van der Waals surface area contributed by atoms with Crippen LogP contribution >= 0.6 is 0 Å². The number of fused-ring (bicyclic) bond motifs is 1. The molecule has 19 heavy (non-hydrogen) atoms. The number of allylic oxidation sites excluding steroid dienone is 2. The molecule has 0 spiro atoms. The van der Waals surface area contributed by atoms with Crippen molar-refractivity contribution in [1.29, 1.82) is 0 Å². The van der Waals surface area contributed by atoms with Crippen LogP contribution in [0.3, 0.4) is 0 Å². The number of aromatic nitrogens is 2. The molecule has 2 heterocycles. The molecule has 1 saturated heterocycles. The Labute approximate surface area is 110 Å². The number of aliphatic hydroxyl groups is 1. The Balaban J connectivity index is 1.96. The van der Waals surface area contributed by atoms with Crippen molar-refractivity contribution in [2.24, 2.45) is 11.8 Å². The minimum absolute atomic E-state index is 0.0251. The molecule has 1 aromatic heterocycles.